The predicted octanol–water partition coefficient (Wildman–Crippen LogP) is 3.67. The van der Waals surface area contributed by atoms with E-state index in [1.807, 2.05) is 0 Å². The molecule has 0 saturated heterocycles. The van der Waals surface area contributed by atoms with Crippen molar-refractivity contribution in [2.75, 3.05) is 18.5 Å². The summed E-state index contributed by atoms with van der Waals surface area (Å²) in [6, 6.07) is 10.7. The minimum absolute atomic E-state index is 0.159. The van der Waals surface area contributed by atoms with Crippen molar-refractivity contribution in [1.29, 1.82) is 0 Å². The zero-order valence-corrected chi connectivity index (χ0v) is 12.6. The Morgan fingerprint density at radius 2 is 1.79 bits per heavy atom. The van der Waals surface area contributed by atoms with Gasteiger partial charge in [0, 0.05) is 19.3 Å². The molecule has 19 heavy (non-hydrogen) atoms. The van der Waals surface area contributed by atoms with Crippen LogP contribution in [0.2, 0.25) is 0 Å². The van der Waals surface area contributed by atoms with Crippen LogP contribution in [0.4, 0.5) is 5.69 Å². The second-order valence-electron chi connectivity index (χ2n) is 6.40. The molecule has 0 heterocycles. The van der Waals surface area contributed by atoms with E-state index in [-0.39, 0.29) is 5.54 Å². The maximum Gasteiger partial charge on any atom is 0.0521 e. The maximum absolute atomic E-state index is 6.16. The summed E-state index contributed by atoms with van der Waals surface area (Å²) in [5, 5.41) is 0. The van der Waals surface area contributed by atoms with Gasteiger partial charge in [-0.3, -0.25) is 0 Å². The molecule has 1 fully saturated rings. The molecule has 0 aliphatic heterocycles. The first kappa shape index (κ1) is 14.4. The Morgan fingerprint density at radius 1 is 1.21 bits per heavy atom. The summed E-state index contributed by atoms with van der Waals surface area (Å²) in [6.45, 7) is 5.45. The third kappa shape index (κ3) is 2.94. The molecule has 0 bridgehead atoms. The van der Waals surface area contributed by atoms with E-state index in [2.05, 4.69) is 56.1 Å². The number of para-hydroxylation sites is 1. The lowest BCUT2D eigenvalue weighted by molar-refractivity contribution is 0.194. The number of rotatable bonds is 4. The van der Waals surface area contributed by atoms with E-state index < -0.39 is 0 Å². The highest BCUT2D eigenvalue weighted by Crippen LogP contribution is 2.39. The SMILES string of the molecule is CC(C)C1CCC(CN)(N(C)c2ccccc2)CC1. The van der Waals surface area contributed by atoms with Gasteiger partial charge in [-0.1, -0.05) is 32.0 Å². The molecule has 0 aromatic heterocycles. The molecular weight excluding hydrogens is 232 g/mol. The molecule has 2 N–H and O–H groups in total. The Bertz CT molecular complexity index is 378. The third-order valence-corrected chi connectivity index (χ3v) is 5.14. The highest BCUT2D eigenvalue weighted by molar-refractivity contribution is 5.48. The van der Waals surface area contributed by atoms with Crippen LogP contribution >= 0.6 is 0 Å². The molecule has 1 saturated carbocycles. The van der Waals surface area contributed by atoms with E-state index >= 15 is 0 Å². The minimum Gasteiger partial charge on any atom is -0.368 e. The average molecular weight is 260 g/mol. The van der Waals surface area contributed by atoms with Crippen molar-refractivity contribution < 1.29 is 0 Å². The molecule has 0 amide bonds. The van der Waals surface area contributed by atoms with Gasteiger partial charge in [-0.25, -0.2) is 0 Å². The molecule has 106 valence electrons. The lowest BCUT2D eigenvalue weighted by Crippen LogP contribution is -2.54. The predicted molar refractivity (Wildman–Crippen MR) is 83.4 cm³/mol. The first-order valence-electron chi connectivity index (χ1n) is 7.58. The van der Waals surface area contributed by atoms with Crippen molar-refractivity contribution in [2.45, 2.75) is 45.1 Å². The Morgan fingerprint density at radius 3 is 2.26 bits per heavy atom. The Hall–Kier alpha value is -1.02. The molecular formula is C17H28N2. The molecule has 0 atom stereocenters. The van der Waals surface area contributed by atoms with Gasteiger partial charge in [0.05, 0.1) is 5.54 Å². The van der Waals surface area contributed by atoms with Gasteiger partial charge in [-0.15, -0.1) is 0 Å². The van der Waals surface area contributed by atoms with Crippen LogP contribution in [0.1, 0.15) is 39.5 Å². The fourth-order valence-corrected chi connectivity index (χ4v) is 3.45. The minimum atomic E-state index is 0.159. The Kier molecular flexibility index (Phi) is 4.51. The van der Waals surface area contributed by atoms with Gasteiger partial charge in [-0.2, -0.15) is 0 Å². The molecule has 2 rings (SSSR count). The van der Waals surface area contributed by atoms with Gasteiger partial charge in [0.25, 0.3) is 0 Å². The molecule has 1 aliphatic rings. The molecule has 1 aromatic rings. The molecule has 0 unspecified atom stereocenters. The summed E-state index contributed by atoms with van der Waals surface area (Å²) < 4.78 is 0. The number of nitrogens with two attached hydrogens (primary N) is 1. The number of hydrogen-bond acceptors (Lipinski definition) is 2. The number of nitrogens with zero attached hydrogens (tertiary/aromatic N) is 1. The molecule has 1 aliphatic carbocycles. The molecule has 0 spiro atoms. The van der Waals surface area contributed by atoms with Crippen LogP contribution < -0.4 is 10.6 Å². The number of benzene rings is 1. The first-order chi connectivity index (χ1) is 9.09. The van der Waals surface area contributed by atoms with E-state index in [0.29, 0.717) is 0 Å². The van der Waals surface area contributed by atoms with Crippen molar-refractivity contribution in [3.05, 3.63) is 30.3 Å². The third-order valence-electron chi connectivity index (χ3n) is 5.14. The van der Waals surface area contributed by atoms with Crippen LogP contribution in [0.25, 0.3) is 0 Å². The molecule has 0 radical (unpaired) electrons. The van der Waals surface area contributed by atoms with Crippen molar-refractivity contribution in [3.63, 3.8) is 0 Å². The normalized spacial score (nSPS) is 27.5. The molecule has 2 heteroatoms. The van der Waals surface area contributed by atoms with Crippen LogP contribution in [0.3, 0.4) is 0 Å². The van der Waals surface area contributed by atoms with Gasteiger partial charge >= 0.3 is 0 Å². The highest BCUT2D eigenvalue weighted by Gasteiger charge is 2.38. The Balaban J connectivity index is 2.12. The lowest BCUT2D eigenvalue weighted by atomic mass is 9.72. The standard InChI is InChI=1S/C17H28N2/c1-14(2)15-9-11-17(13-18,12-10-15)19(3)16-7-5-4-6-8-16/h4-8,14-15H,9-13,18H2,1-3H3. The fourth-order valence-electron chi connectivity index (χ4n) is 3.45. The average Bonchev–Trinajstić information content (AvgIpc) is 2.47. The fraction of sp³-hybridized carbons (Fsp3) is 0.647. The second kappa shape index (κ2) is 5.96. The number of likely N-dealkylation sites (N-methyl/N-ethyl adjacent to an activating group) is 1. The zero-order chi connectivity index (χ0) is 13.9. The van der Waals surface area contributed by atoms with Crippen LogP contribution in [0, 0.1) is 11.8 Å². The summed E-state index contributed by atoms with van der Waals surface area (Å²) in [4.78, 5) is 2.42. The largest absolute Gasteiger partial charge is 0.368 e. The van der Waals surface area contributed by atoms with Crippen LogP contribution in [-0.2, 0) is 0 Å². The van der Waals surface area contributed by atoms with Crippen LogP contribution in [-0.4, -0.2) is 19.1 Å². The van der Waals surface area contributed by atoms with E-state index in [4.69, 9.17) is 5.73 Å². The van der Waals surface area contributed by atoms with E-state index in [9.17, 15) is 0 Å². The van der Waals surface area contributed by atoms with E-state index in [1.54, 1.807) is 0 Å². The quantitative estimate of drug-likeness (QED) is 0.895. The summed E-state index contributed by atoms with van der Waals surface area (Å²) >= 11 is 0. The number of anilines is 1. The second-order valence-corrected chi connectivity index (χ2v) is 6.40. The maximum atomic E-state index is 6.16. The van der Waals surface area contributed by atoms with Crippen molar-refractivity contribution in [2.24, 2.45) is 17.6 Å². The number of hydrogen-bond donors (Lipinski definition) is 1. The van der Waals surface area contributed by atoms with Crippen molar-refractivity contribution in [1.82, 2.24) is 0 Å². The zero-order valence-electron chi connectivity index (χ0n) is 12.6. The van der Waals surface area contributed by atoms with Crippen molar-refractivity contribution >= 4 is 5.69 Å². The van der Waals surface area contributed by atoms with E-state index in [0.717, 1.165) is 18.4 Å². The summed E-state index contributed by atoms with van der Waals surface area (Å²) in [5.74, 6) is 1.68. The molecule has 1 aromatic carbocycles. The van der Waals surface area contributed by atoms with Gasteiger partial charge in [0.15, 0.2) is 0 Å². The lowest BCUT2D eigenvalue weighted by Gasteiger charge is -2.47. The van der Waals surface area contributed by atoms with Gasteiger partial charge in [0.2, 0.25) is 0 Å². The van der Waals surface area contributed by atoms with Crippen LogP contribution in [0.5, 0.6) is 0 Å². The summed E-state index contributed by atoms with van der Waals surface area (Å²) in [6.07, 6.45) is 5.06. The summed E-state index contributed by atoms with van der Waals surface area (Å²) in [7, 11) is 2.21. The van der Waals surface area contributed by atoms with Gasteiger partial charge in [0.1, 0.15) is 0 Å². The summed E-state index contributed by atoms with van der Waals surface area (Å²) in [5.41, 5.74) is 7.60. The highest BCUT2D eigenvalue weighted by atomic mass is 15.2. The van der Waals surface area contributed by atoms with E-state index in [1.165, 1.54) is 31.4 Å². The smallest absolute Gasteiger partial charge is 0.0521 e. The monoisotopic (exact) mass is 260 g/mol. The topological polar surface area (TPSA) is 29.3 Å². The first-order valence-corrected chi connectivity index (χ1v) is 7.58. The molecule has 2 nitrogen and oxygen atoms in total. The van der Waals surface area contributed by atoms with Gasteiger partial charge < -0.3 is 10.6 Å². The van der Waals surface area contributed by atoms with Crippen LogP contribution in [0.15, 0.2) is 30.3 Å². The van der Waals surface area contributed by atoms with Crippen molar-refractivity contribution in [3.8, 4) is 0 Å². The Labute approximate surface area is 118 Å². The van der Waals surface area contributed by atoms with Gasteiger partial charge in [-0.05, 0) is 49.7 Å².